The summed E-state index contributed by atoms with van der Waals surface area (Å²) in [6.07, 6.45) is 0. The molecule has 5 heteroatoms. The molecule has 1 aromatic carbocycles. The third-order valence-electron chi connectivity index (χ3n) is 2.27. The number of amides is 1. The Morgan fingerprint density at radius 1 is 1.53 bits per heavy atom. The van der Waals surface area contributed by atoms with E-state index in [-0.39, 0.29) is 11.9 Å². The number of hydrogen-bond donors (Lipinski definition) is 2. The molecular formula is C12H18ClN3O. The highest BCUT2D eigenvalue weighted by molar-refractivity contribution is 6.31. The summed E-state index contributed by atoms with van der Waals surface area (Å²) < 4.78 is 0. The number of likely N-dealkylation sites (N-methyl/N-ethyl adjacent to an activating group) is 1. The zero-order chi connectivity index (χ0) is 13.0. The molecule has 1 atom stereocenters. The van der Waals surface area contributed by atoms with Gasteiger partial charge in [-0.15, -0.1) is 0 Å². The normalized spacial score (nSPS) is 12.5. The number of carbonyl (C=O) groups excluding carboxylic acids is 1. The van der Waals surface area contributed by atoms with Gasteiger partial charge in [-0.05, 0) is 39.2 Å². The number of anilines is 1. The van der Waals surface area contributed by atoms with Crippen LogP contribution in [0.1, 0.15) is 17.3 Å². The molecule has 0 saturated carbocycles. The maximum atomic E-state index is 11.9. The molecule has 1 aromatic rings. The average molecular weight is 256 g/mol. The molecule has 3 N–H and O–H groups in total. The first-order valence-corrected chi connectivity index (χ1v) is 5.78. The van der Waals surface area contributed by atoms with Crippen LogP contribution in [0.15, 0.2) is 18.2 Å². The highest BCUT2D eigenvalue weighted by Gasteiger charge is 2.13. The lowest BCUT2D eigenvalue weighted by Gasteiger charge is -2.18. The highest BCUT2D eigenvalue weighted by atomic mass is 35.5. The van der Waals surface area contributed by atoms with Crippen molar-refractivity contribution in [1.82, 2.24) is 10.2 Å². The summed E-state index contributed by atoms with van der Waals surface area (Å²) in [4.78, 5) is 13.9. The molecule has 0 heterocycles. The molecule has 0 aromatic heterocycles. The van der Waals surface area contributed by atoms with E-state index in [0.29, 0.717) is 16.3 Å². The van der Waals surface area contributed by atoms with E-state index < -0.39 is 0 Å². The van der Waals surface area contributed by atoms with Crippen molar-refractivity contribution in [3.63, 3.8) is 0 Å². The second-order valence-corrected chi connectivity index (χ2v) is 4.80. The van der Waals surface area contributed by atoms with Crippen LogP contribution < -0.4 is 11.1 Å². The summed E-state index contributed by atoms with van der Waals surface area (Å²) in [6.45, 7) is 2.73. The van der Waals surface area contributed by atoms with Crippen molar-refractivity contribution in [2.45, 2.75) is 13.0 Å². The molecule has 0 aliphatic heterocycles. The lowest BCUT2D eigenvalue weighted by atomic mass is 10.1. The van der Waals surface area contributed by atoms with Crippen molar-refractivity contribution in [3.05, 3.63) is 28.8 Å². The number of nitrogen functional groups attached to an aromatic ring is 1. The van der Waals surface area contributed by atoms with Gasteiger partial charge in [-0.3, -0.25) is 4.79 Å². The first kappa shape index (κ1) is 13.8. The standard InChI is InChI=1S/C12H18ClN3O/c1-8(7-16(2)3)15-12(17)10-5-4-9(13)6-11(10)14/h4-6,8H,7,14H2,1-3H3,(H,15,17). The lowest BCUT2D eigenvalue weighted by Crippen LogP contribution is -2.39. The van der Waals surface area contributed by atoms with Gasteiger partial charge < -0.3 is 16.0 Å². The van der Waals surface area contributed by atoms with Crippen LogP contribution in [0.25, 0.3) is 0 Å². The Hall–Kier alpha value is -1.26. The van der Waals surface area contributed by atoms with Gasteiger partial charge in [-0.25, -0.2) is 0 Å². The minimum absolute atomic E-state index is 0.0626. The van der Waals surface area contributed by atoms with Crippen molar-refractivity contribution >= 4 is 23.2 Å². The van der Waals surface area contributed by atoms with E-state index in [4.69, 9.17) is 17.3 Å². The van der Waals surface area contributed by atoms with E-state index >= 15 is 0 Å². The second kappa shape index (κ2) is 5.89. The van der Waals surface area contributed by atoms with Crippen LogP contribution in [0.5, 0.6) is 0 Å². The first-order chi connectivity index (χ1) is 7.90. The number of nitrogens with one attached hydrogen (secondary N) is 1. The summed E-state index contributed by atoms with van der Waals surface area (Å²) in [5, 5.41) is 3.41. The van der Waals surface area contributed by atoms with Crippen LogP contribution in [-0.4, -0.2) is 37.5 Å². The molecule has 0 spiro atoms. The smallest absolute Gasteiger partial charge is 0.253 e. The lowest BCUT2D eigenvalue weighted by molar-refractivity contribution is 0.0935. The fourth-order valence-corrected chi connectivity index (χ4v) is 1.82. The summed E-state index contributed by atoms with van der Waals surface area (Å²) >= 11 is 5.78. The van der Waals surface area contributed by atoms with Gasteiger partial charge in [0.05, 0.1) is 5.56 Å². The van der Waals surface area contributed by atoms with Crippen LogP contribution in [0.2, 0.25) is 5.02 Å². The number of rotatable bonds is 4. The molecule has 0 aliphatic carbocycles. The Kier molecular flexibility index (Phi) is 4.78. The Morgan fingerprint density at radius 2 is 2.18 bits per heavy atom. The Bertz CT molecular complexity index is 407. The molecule has 0 aliphatic rings. The summed E-state index contributed by atoms with van der Waals surface area (Å²) in [5.74, 6) is -0.173. The molecular weight excluding hydrogens is 238 g/mol. The van der Waals surface area contributed by atoms with Gasteiger partial charge in [0.25, 0.3) is 5.91 Å². The fraction of sp³-hybridized carbons (Fsp3) is 0.417. The largest absolute Gasteiger partial charge is 0.398 e. The maximum Gasteiger partial charge on any atom is 0.253 e. The molecule has 0 radical (unpaired) electrons. The molecule has 1 unspecified atom stereocenters. The molecule has 0 saturated heterocycles. The van der Waals surface area contributed by atoms with E-state index in [9.17, 15) is 4.79 Å². The van der Waals surface area contributed by atoms with Crippen LogP contribution >= 0.6 is 11.6 Å². The van der Waals surface area contributed by atoms with Gasteiger partial charge >= 0.3 is 0 Å². The van der Waals surface area contributed by atoms with Crippen molar-refractivity contribution in [2.24, 2.45) is 0 Å². The monoisotopic (exact) mass is 255 g/mol. The van der Waals surface area contributed by atoms with E-state index in [1.807, 2.05) is 25.9 Å². The number of benzene rings is 1. The highest BCUT2D eigenvalue weighted by Crippen LogP contribution is 2.17. The number of halogens is 1. The number of hydrogen-bond acceptors (Lipinski definition) is 3. The molecule has 0 fully saturated rings. The van der Waals surface area contributed by atoms with Gasteiger partial charge in [0, 0.05) is 23.3 Å². The molecule has 0 bridgehead atoms. The molecule has 17 heavy (non-hydrogen) atoms. The van der Waals surface area contributed by atoms with Gasteiger partial charge in [0.1, 0.15) is 0 Å². The number of nitrogens with two attached hydrogens (primary N) is 1. The summed E-state index contributed by atoms with van der Waals surface area (Å²) in [7, 11) is 3.92. The van der Waals surface area contributed by atoms with E-state index in [0.717, 1.165) is 6.54 Å². The second-order valence-electron chi connectivity index (χ2n) is 4.37. The van der Waals surface area contributed by atoms with Gasteiger partial charge in [-0.2, -0.15) is 0 Å². The fourth-order valence-electron chi connectivity index (χ4n) is 1.64. The topological polar surface area (TPSA) is 58.4 Å². The van der Waals surface area contributed by atoms with Crippen LogP contribution in [0, 0.1) is 0 Å². The minimum Gasteiger partial charge on any atom is -0.398 e. The quantitative estimate of drug-likeness (QED) is 0.804. The summed E-state index contributed by atoms with van der Waals surface area (Å²) in [5.41, 5.74) is 6.60. The van der Waals surface area contributed by atoms with Gasteiger partial charge in [-0.1, -0.05) is 11.6 Å². The Labute approximate surface area is 107 Å². The van der Waals surface area contributed by atoms with Crippen LogP contribution in [0.4, 0.5) is 5.69 Å². The molecule has 94 valence electrons. The number of nitrogens with zero attached hydrogens (tertiary/aromatic N) is 1. The Balaban J connectivity index is 2.70. The van der Waals surface area contributed by atoms with Crippen LogP contribution in [0.3, 0.4) is 0 Å². The minimum atomic E-state index is -0.173. The van der Waals surface area contributed by atoms with Gasteiger partial charge in [0.15, 0.2) is 0 Å². The van der Waals surface area contributed by atoms with Gasteiger partial charge in [0.2, 0.25) is 0 Å². The van der Waals surface area contributed by atoms with Crippen molar-refractivity contribution < 1.29 is 4.79 Å². The molecule has 1 amide bonds. The maximum absolute atomic E-state index is 11.9. The zero-order valence-electron chi connectivity index (χ0n) is 10.3. The van der Waals surface area contributed by atoms with E-state index in [2.05, 4.69) is 5.32 Å². The first-order valence-electron chi connectivity index (χ1n) is 5.40. The Morgan fingerprint density at radius 3 is 2.71 bits per heavy atom. The van der Waals surface area contributed by atoms with Crippen molar-refractivity contribution in [1.29, 1.82) is 0 Å². The molecule has 1 rings (SSSR count). The van der Waals surface area contributed by atoms with E-state index in [1.54, 1.807) is 18.2 Å². The predicted molar refractivity (Wildman–Crippen MR) is 71.3 cm³/mol. The van der Waals surface area contributed by atoms with Crippen molar-refractivity contribution in [2.75, 3.05) is 26.4 Å². The van der Waals surface area contributed by atoms with Crippen LogP contribution in [-0.2, 0) is 0 Å². The third kappa shape index (κ3) is 4.24. The average Bonchev–Trinajstić information content (AvgIpc) is 2.15. The van der Waals surface area contributed by atoms with Crippen molar-refractivity contribution in [3.8, 4) is 0 Å². The zero-order valence-corrected chi connectivity index (χ0v) is 11.1. The predicted octanol–water partition coefficient (Wildman–Crippen LogP) is 1.60. The molecule has 4 nitrogen and oxygen atoms in total. The third-order valence-corrected chi connectivity index (χ3v) is 2.51. The number of carbonyl (C=O) groups is 1. The summed E-state index contributed by atoms with van der Waals surface area (Å²) in [6, 6.07) is 4.93. The SMILES string of the molecule is CC(CN(C)C)NC(=O)c1ccc(Cl)cc1N. The van der Waals surface area contributed by atoms with E-state index in [1.165, 1.54) is 0 Å².